The number of hydrogen-bond acceptors (Lipinski definition) is 4. The van der Waals surface area contributed by atoms with E-state index >= 15 is 0 Å². The lowest BCUT2D eigenvalue weighted by Crippen LogP contribution is -2.01. The molecular weight excluding hydrogens is 304 g/mol. The van der Waals surface area contributed by atoms with Crippen molar-refractivity contribution in [3.63, 3.8) is 0 Å². The molecule has 6 nitrogen and oxygen atoms in total. The molecule has 0 unspecified atom stereocenters. The number of hydrogen-bond donors (Lipinski definition) is 0. The number of nitro benzene ring substituents is 1. The average molecular weight is 320 g/mol. The van der Waals surface area contributed by atoms with Crippen LogP contribution < -0.4 is 0 Å². The third kappa shape index (κ3) is 3.08. The predicted octanol–water partition coefficient (Wildman–Crippen LogP) is 4.15. The van der Waals surface area contributed by atoms with E-state index in [-0.39, 0.29) is 5.69 Å². The largest absolute Gasteiger partial charge is 0.303 e. The van der Waals surface area contributed by atoms with Crippen LogP contribution in [0.3, 0.4) is 0 Å². The van der Waals surface area contributed by atoms with Crippen molar-refractivity contribution >= 4 is 17.6 Å². The Labute approximate surface area is 139 Å². The number of aryl methyl sites for hydroxylation is 1. The van der Waals surface area contributed by atoms with Crippen molar-refractivity contribution < 1.29 is 4.92 Å². The van der Waals surface area contributed by atoms with E-state index in [1.807, 2.05) is 38.1 Å². The molecular formula is C18H16N4O2. The summed E-state index contributed by atoms with van der Waals surface area (Å²) >= 11 is 0. The van der Waals surface area contributed by atoms with E-state index in [0.717, 1.165) is 22.8 Å². The van der Waals surface area contributed by atoms with Gasteiger partial charge in [-0.2, -0.15) is 0 Å². The first-order valence-corrected chi connectivity index (χ1v) is 7.45. The number of non-ortho nitro benzene ring substituents is 1. The van der Waals surface area contributed by atoms with Gasteiger partial charge >= 0.3 is 0 Å². The first kappa shape index (κ1) is 15.6. The summed E-state index contributed by atoms with van der Waals surface area (Å²) in [6, 6.07) is 14.1. The summed E-state index contributed by atoms with van der Waals surface area (Å²) in [5.41, 5.74) is 3.59. The molecule has 6 heteroatoms. The lowest BCUT2D eigenvalue weighted by Gasteiger charge is -2.07. The normalized spacial score (nSPS) is 11.1. The summed E-state index contributed by atoms with van der Waals surface area (Å²) in [6.07, 6.45) is 3.48. The van der Waals surface area contributed by atoms with Crippen molar-refractivity contribution in [2.75, 3.05) is 0 Å². The maximum absolute atomic E-state index is 10.8. The summed E-state index contributed by atoms with van der Waals surface area (Å²) in [6.45, 7) is 4.00. The van der Waals surface area contributed by atoms with Crippen LogP contribution in [0.15, 0.2) is 59.7 Å². The number of aliphatic imine (C=N–C) groups is 1. The van der Waals surface area contributed by atoms with Crippen molar-refractivity contribution in [1.29, 1.82) is 0 Å². The second kappa shape index (κ2) is 6.45. The maximum atomic E-state index is 10.8. The van der Waals surface area contributed by atoms with Crippen molar-refractivity contribution in [2.45, 2.75) is 13.8 Å². The molecule has 0 fully saturated rings. The molecule has 0 N–H and O–H groups in total. The lowest BCUT2D eigenvalue weighted by molar-refractivity contribution is -0.384. The highest BCUT2D eigenvalue weighted by atomic mass is 16.6. The summed E-state index contributed by atoms with van der Waals surface area (Å²) in [5.74, 6) is 0.850. The van der Waals surface area contributed by atoms with Gasteiger partial charge in [0.2, 0.25) is 0 Å². The van der Waals surface area contributed by atoms with Crippen molar-refractivity contribution in [1.82, 2.24) is 9.55 Å². The standard InChI is InChI=1S/C18H16N4O2/c1-13-10-15(14(2)21(13)18-8-3-4-9-19-18)12-20-16-6-5-7-17(11-16)22(23)24/h3-12H,1-2H3. The monoisotopic (exact) mass is 320 g/mol. The molecule has 0 saturated heterocycles. The lowest BCUT2D eigenvalue weighted by atomic mass is 10.2. The van der Waals surface area contributed by atoms with Gasteiger partial charge in [-0.1, -0.05) is 12.1 Å². The Bertz CT molecular complexity index is 914. The van der Waals surface area contributed by atoms with E-state index in [0.29, 0.717) is 5.69 Å². The number of nitrogens with zero attached hydrogens (tertiary/aromatic N) is 4. The van der Waals surface area contributed by atoms with E-state index in [2.05, 4.69) is 14.5 Å². The van der Waals surface area contributed by atoms with E-state index in [9.17, 15) is 10.1 Å². The van der Waals surface area contributed by atoms with Gasteiger partial charge in [0.25, 0.3) is 5.69 Å². The van der Waals surface area contributed by atoms with Gasteiger partial charge in [-0.15, -0.1) is 0 Å². The van der Waals surface area contributed by atoms with Gasteiger partial charge in [-0.3, -0.25) is 15.1 Å². The second-order valence-corrected chi connectivity index (χ2v) is 5.38. The quantitative estimate of drug-likeness (QED) is 0.412. The Kier molecular flexibility index (Phi) is 4.20. The fourth-order valence-electron chi connectivity index (χ4n) is 2.59. The van der Waals surface area contributed by atoms with Gasteiger partial charge in [0.15, 0.2) is 0 Å². The van der Waals surface area contributed by atoms with Crippen molar-refractivity contribution in [2.24, 2.45) is 4.99 Å². The fraction of sp³-hybridized carbons (Fsp3) is 0.111. The maximum Gasteiger partial charge on any atom is 0.271 e. The van der Waals surface area contributed by atoms with Gasteiger partial charge in [0, 0.05) is 41.5 Å². The van der Waals surface area contributed by atoms with Crippen molar-refractivity contribution in [3.8, 4) is 5.82 Å². The van der Waals surface area contributed by atoms with Crippen molar-refractivity contribution in [3.05, 3.63) is 81.8 Å². The minimum Gasteiger partial charge on any atom is -0.303 e. The molecule has 1 aromatic carbocycles. The second-order valence-electron chi connectivity index (χ2n) is 5.38. The first-order valence-electron chi connectivity index (χ1n) is 7.45. The van der Waals surface area contributed by atoms with Crippen LogP contribution >= 0.6 is 0 Å². The van der Waals surface area contributed by atoms with E-state index in [4.69, 9.17) is 0 Å². The number of benzene rings is 1. The molecule has 0 amide bonds. The number of rotatable bonds is 4. The van der Waals surface area contributed by atoms with Crippen LogP contribution in [0.5, 0.6) is 0 Å². The number of nitro groups is 1. The van der Waals surface area contributed by atoms with E-state index < -0.39 is 4.92 Å². The molecule has 0 aliphatic carbocycles. The fourth-order valence-corrected chi connectivity index (χ4v) is 2.59. The molecule has 2 heterocycles. The molecule has 0 radical (unpaired) electrons. The molecule has 120 valence electrons. The molecule has 0 aliphatic heterocycles. The van der Waals surface area contributed by atoms with Crippen LogP contribution in [0.25, 0.3) is 5.82 Å². The smallest absolute Gasteiger partial charge is 0.271 e. The Morgan fingerprint density at radius 1 is 1.17 bits per heavy atom. The minimum absolute atomic E-state index is 0.0311. The predicted molar refractivity (Wildman–Crippen MR) is 93.4 cm³/mol. The van der Waals surface area contributed by atoms with Crippen LogP contribution in [-0.2, 0) is 0 Å². The summed E-state index contributed by atoms with van der Waals surface area (Å²) in [7, 11) is 0. The van der Waals surface area contributed by atoms with Gasteiger partial charge in [-0.05, 0) is 38.1 Å². The number of aromatic nitrogens is 2. The summed E-state index contributed by atoms with van der Waals surface area (Å²) in [5, 5.41) is 10.8. The van der Waals surface area contributed by atoms with E-state index in [1.165, 1.54) is 12.1 Å². The van der Waals surface area contributed by atoms with Gasteiger partial charge in [-0.25, -0.2) is 4.98 Å². The zero-order valence-corrected chi connectivity index (χ0v) is 13.4. The molecule has 0 saturated carbocycles. The van der Waals surface area contributed by atoms with Crippen LogP contribution in [0.4, 0.5) is 11.4 Å². The Morgan fingerprint density at radius 2 is 2.00 bits per heavy atom. The highest BCUT2D eigenvalue weighted by molar-refractivity contribution is 5.84. The van der Waals surface area contributed by atoms with Crippen LogP contribution in [0, 0.1) is 24.0 Å². The van der Waals surface area contributed by atoms with Crippen LogP contribution in [0.2, 0.25) is 0 Å². The zero-order chi connectivity index (χ0) is 17.1. The Morgan fingerprint density at radius 3 is 2.71 bits per heavy atom. The zero-order valence-electron chi connectivity index (χ0n) is 13.4. The highest BCUT2D eigenvalue weighted by Gasteiger charge is 2.10. The highest BCUT2D eigenvalue weighted by Crippen LogP contribution is 2.21. The Hall–Kier alpha value is -3.28. The molecule has 0 bridgehead atoms. The molecule has 2 aromatic heterocycles. The number of pyridine rings is 1. The molecule has 24 heavy (non-hydrogen) atoms. The van der Waals surface area contributed by atoms with Gasteiger partial charge in [0.05, 0.1) is 10.6 Å². The SMILES string of the molecule is Cc1cc(C=Nc2cccc([N+](=O)[O-])c2)c(C)n1-c1ccccn1. The molecule has 0 spiro atoms. The Balaban J connectivity index is 1.94. The third-order valence-corrected chi connectivity index (χ3v) is 3.74. The first-order chi connectivity index (χ1) is 11.6. The summed E-state index contributed by atoms with van der Waals surface area (Å²) in [4.78, 5) is 19.1. The van der Waals surface area contributed by atoms with Crippen LogP contribution in [0.1, 0.15) is 17.0 Å². The summed E-state index contributed by atoms with van der Waals surface area (Å²) < 4.78 is 2.05. The van der Waals surface area contributed by atoms with Gasteiger partial charge in [0.1, 0.15) is 5.82 Å². The minimum atomic E-state index is -0.425. The average Bonchev–Trinajstić information content (AvgIpc) is 2.88. The van der Waals surface area contributed by atoms with Gasteiger partial charge < -0.3 is 4.57 Å². The van der Waals surface area contributed by atoms with Crippen LogP contribution in [-0.4, -0.2) is 20.7 Å². The topological polar surface area (TPSA) is 73.3 Å². The molecule has 0 atom stereocenters. The third-order valence-electron chi connectivity index (χ3n) is 3.74. The molecule has 3 aromatic rings. The van der Waals surface area contributed by atoms with E-state index in [1.54, 1.807) is 24.5 Å². The molecule has 3 rings (SSSR count). The molecule has 0 aliphatic rings.